The van der Waals surface area contributed by atoms with Crippen molar-refractivity contribution in [2.75, 3.05) is 13.6 Å². The van der Waals surface area contributed by atoms with Crippen molar-refractivity contribution in [3.05, 3.63) is 59.7 Å². The Morgan fingerprint density at radius 1 is 1.16 bits per heavy atom. The van der Waals surface area contributed by atoms with Crippen LogP contribution in [0.5, 0.6) is 11.5 Å². The maximum absolute atomic E-state index is 12.7. The maximum atomic E-state index is 12.7. The predicted octanol–water partition coefficient (Wildman–Crippen LogP) is 4.48. The smallest absolute Gasteiger partial charge is 0.416 e. The van der Waals surface area contributed by atoms with Crippen molar-refractivity contribution in [3.8, 4) is 17.6 Å². The van der Waals surface area contributed by atoms with Gasteiger partial charge in [-0.3, -0.25) is 4.79 Å². The van der Waals surface area contributed by atoms with Gasteiger partial charge in [-0.05, 0) is 36.4 Å². The fourth-order valence-corrected chi connectivity index (χ4v) is 2.10. The summed E-state index contributed by atoms with van der Waals surface area (Å²) in [5.41, 5.74) is -0.488. The van der Waals surface area contributed by atoms with Crippen LogP contribution >= 0.6 is 0 Å². The molecule has 0 bridgehead atoms. The molecule has 2 rings (SSSR count). The lowest BCUT2D eigenvalue weighted by molar-refractivity contribution is -0.137. The number of hydrogen-bond donors (Lipinski definition) is 0. The van der Waals surface area contributed by atoms with E-state index in [0.29, 0.717) is 5.56 Å². The van der Waals surface area contributed by atoms with E-state index in [1.54, 1.807) is 25.2 Å². The third-order valence-corrected chi connectivity index (χ3v) is 3.38. The molecule has 0 heterocycles. The predicted molar refractivity (Wildman–Crippen MR) is 85.2 cm³/mol. The molecule has 0 radical (unpaired) electrons. The number of ether oxygens (including phenoxy) is 1. The standard InChI is InChI=1S/C18H15F3N2O2/c1-23(10-4-9-22)17(24)13-5-2-7-15(11-13)25-16-8-3-6-14(12-16)18(19,20)21/h2-3,5-8,11-12H,4,10H2,1H3. The van der Waals surface area contributed by atoms with Gasteiger partial charge in [0.05, 0.1) is 18.1 Å². The van der Waals surface area contributed by atoms with Crippen LogP contribution in [0.15, 0.2) is 48.5 Å². The second kappa shape index (κ2) is 7.71. The number of nitrogens with zero attached hydrogens (tertiary/aromatic N) is 2. The molecule has 7 heteroatoms. The summed E-state index contributed by atoms with van der Waals surface area (Å²) in [6.45, 7) is 0.286. The summed E-state index contributed by atoms with van der Waals surface area (Å²) < 4.78 is 43.7. The second-order valence-electron chi connectivity index (χ2n) is 5.29. The van der Waals surface area contributed by atoms with Crippen LogP contribution in [0.3, 0.4) is 0 Å². The number of benzene rings is 2. The quantitative estimate of drug-likeness (QED) is 0.800. The van der Waals surface area contributed by atoms with Crippen LogP contribution in [0.25, 0.3) is 0 Å². The highest BCUT2D eigenvalue weighted by atomic mass is 19.4. The van der Waals surface area contributed by atoms with Gasteiger partial charge in [0, 0.05) is 19.2 Å². The van der Waals surface area contributed by atoms with Gasteiger partial charge in [0.1, 0.15) is 11.5 Å². The zero-order chi connectivity index (χ0) is 18.4. The molecule has 0 saturated heterocycles. The van der Waals surface area contributed by atoms with E-state index in [2.05, 4.69) is 0 Å². The Hall–Kier alpha value is -3.01. The molecule has 2 aromatic rings. The summed E-state index contributed by atoms with van der Waals surface area (Å²) in [5, 5.41) is 8.57. The molecule has 4 nitrogen and oxygen atoms in total. The minimum atomic E-state index is -4.46. The SMILES string of the molecule is CN(CCC#N)C(=O)c1cccc(Oc2cccc(C(F)(F)F)c2)c1. The van der Waals surface area contributed by atoms with Gasteiger partial charge in [-0.25, -0.2) is 0 Å². The summed E-state index contributed by atoms with van der Waals surface area (Å²) in [4.78, 5) is 13.6. The zero-order valence-corrected chi connectivity index (χ0v) is 13.4. The number of carbonyl (C=O) groups is 1. The summed E-state index contributed by atoms with van der Waals surface area (Å²) in [7, 11) is 1.57. The largest absolute Gasteiger partial charge is 0.457 e. The van der Waals surface area contributed by atoms with Gasteiger partial charge in [-0.15, -0.1) is 0 Å². The fraction of sp³-hybridized carbons (Fsp3) is 0.222. The Labute approximate surface area is 143 Å². The number of amides is 1. The molecule has 2 aromatic carbocycles. The Morgan fingerprint density at radius 2 is 1.80 bits per heavy atom. The van der Waals surface area contributed by atoms with Crippen LogP contribution in [0.4, 0.5) is 13.2 Å². The van der Waals surface area contributed by atoms with Crippen molar-refractivity contribution in [2.24, 2.45) is 0 Å². The maximum Gasteiger partial charge on any atom is 0.416 e. The Bertz CT molecular complexity index is 797. The normalized spacial score (nSPS) is 10.8. The van der Waals surface area contributed by atoms with Gasteiger partial charge in [-0.2, -0.15) is 18.4 Å². The third kappa shape index (κ3) is 4.98. The molecule has 0 spiro atoms. The summed E-state index contributed by atoms with van der Waals surface area (Å²) >= 11 is 0. The molecular weight excluding hydrogens is 333 g/mol. The second-order valence-corrected chi connectivity index (χ2v) is 5.29. The first-order valence-corrected chi connectivity index (χ1v) is 7.39. The number of alkyl halides is 3. The molecule has 0 aliphatic rings. The minimum Gasteiger partial charge on any atom is -0.457 e. The Kier molecular flexibility index (Phi) is 5.65. The molecule has 0 fully saturated rings. The Balaban J connectivity index is 2.17. The van der Waals surface area contributed by atoms with Crippen molar-refractivity contribution in [3.63, 3.8) is 0 Å². The average molecular weight is 348 g/mol. The molecule has 0 N–H and O–H groups in total. The lowest BCUT2D eigenvalue weighted by atomic mass is 10.2. The number of hydrogen-bond acceptors (Lipinski definition) is 3. The highest BCUT2D eigenvalue weighted by Crippen LogP contribution is 2.32. The van der Waals surface area contributed by atoms with Crippen molar-refractivity contribution >= 4 is 5.91 Å². The van der Waals surface area contributed by atoms with Gasteiger partial charge >= 0.3 is 6.18 Å². The molecule has 0 aliphatic heterocycles. The van der Waals surface area contributed by atoms with E-state index < -0.39 is 11.7 Å². The third-order valence-electron chi connectivity index (χ3n) is 3.38. The average Bonchev–Trinajstić information content (AvgIpc) is 2.58. The molecule has 0 unspecified atom stereocenters. The molecule has 1 amide bonds. The summed E-state index contributed by atoms with van der Waals surface area (Å²) in [6.07, 6.45) is -4.25. The van der Waals surface area contributed by atoms with Gasteiger partial charge < -0.3 is 9.64 Å². The van der Waals surface area contributed by atoms with Gasteiger partial charge in [0.15, 0.2) is 0 Å². The topological polar surface area (TPSA) is 53.3 Å². The molecule has 0 aromatic heterocycles. The van der Waals surface area contributed by atoms with Crippen LogP contribution < -0.4 is 4.74 Å². The van der Waals surface area contributed by atoms with E-state index in [0.717, 1.165) is 12.1 Å². The number of nitriles is 1. The van der Waals surface area contributed by atoms with Crippen molar-refractivity contribution in [2.45, 2.75) is 12.6 Å². The van der Waals surface area contributed by atoms with Crippen LogP contribution in [0.2, 0.25) is 0 Å². The lowest BCUT2D eigenvalue weighted by Crippen LogP contribution is -2.27. The lowest BCUT2D eigenvalue weighted by Gasteiger charge is -2.16. The van der Waals surface area contributed by atoms with Crippen molar-refractivity contribution < 1.29 is 22.7 Å². The van der Waals surface area contributed by atoms with Crippen LogP contribution in [-0.4, -0.2) is 24.4 Å². The first-order valence-electron chi connectivity index (χ1n) is 7.39. The van der Waals surface area contributed by atoms with Crippen molar-refractivity contribution in [1.82, 2.24) is 4.90 Å². The molecule has 25 heavy (non-hydrogen) atoms. The first-order chi connectivity index (χ1) is 11.8. The molecule has 0 saturated carbocycles. The fourth-order valence-electron chi connectivity index (χ4n) is 2.10. The van der Waals surface area contributed by atoms with E-state index >= 15 is 0 Å². The van der Waals surface area contributed by atoms with E-state index in [1.165, 1.54) is 23.1 Å². The van der Waals surface area contributed by atoms with Crippen LogP contribution in [-0.2, 0) is 6.18 Å². The number of carbonyl (C=O) groups excluding carboxylic acids is 1. The molecule has 0 aliphatic carbocycles. The van der Waals surface area contributed by atoms with Gasteiger partial charge in [0.25, 0.3) is 5.91 Å². The van der Waals surface area contributed by atoms with Crippen molar-refractivity contribution in [1.29, 1.82) is 5.26 Å². The van der Waals surface area contributed by atoms with Crippen LogP contribution in [0, 0.1) is 11.3 Å². The first kappa shape index (κ1) is 18.3. The minimum absolute atomic E-state index is 0.0252. The van der Waals surface area contributed by atoms with Crippen LogP contribution in [0.1, 0.15) is 22.3 Å². The summed E-state index contributed by atoms with van der Waals surface area (Å²) in [5.74, 6) is -0.0270. The van der Waals surface area contributed by atoms with E-state index in [1.807, 2.05) is 6.07 Å². The van der Waals surface area contributed by atoms with E-state index in [4.69, 9.17) is 10.00 Å². The molecular formula is C18H15F3N2O2. The van der Waals surface area contributed by atoms with Gasteiger partial charge in [-0.1, -0.05) is 12.1 Å². The molecule has 0 atom stereocenters. The number of rotatable bonds is 5. The molecule has 130 valence electrons. The number of halogens is 3. The highest BCUT2D eigenvalue weighted by Gasteiger charge is 2.30. The van der Waals surface area contributed by atoms with E-state index in [9.17, 15) is 18.0 Å². The summed E-state index contributed by atoms with van der Waals surface area (Å²) in [6, 6.07) is 12.6. The monoisotopic (exact) mass is 348 g/mol. The van der Waals surface area contributed by atoms with Gasteiger partial charge in [0.2, 0.25) is 0 Å². The Morgan fingerprint density at radius 3 is 2.44 bits per heavy atom. The van der Waals surface area contributed by atoms with E-state index in [-0.39, 0.29) is 30.4 Å². The highest BCUT2D eigenvalue weighted by molar-refractivity contribution is 5.94. The zero-order valence-electron chi connectivity index (χ0n) is 13.4.